The van der Waals surface area contributed by atoms with Crippen molar-refractivity contribution in [2.24, 2.45) is 5.92 Å². The zero-order valence-electron chi connectivity index (χ0n) is 10.6. The third kappa shape index (κ3) is 2.79. The molecule has 0 aromatic heterocycles. The molecule has 0 bridgehead atoms. The third-order valence-corrected chi connectivity index (χ3v) is 3.01. The van der Waals surface area contributed by atoms with Gasteiger partial charge in [-0.3, -0.25) is 0 Å². The highest BCUT2D eigenvalue weighted by atomic mass is 16.7. The largest absolute Gasteiger partial charge is 0.415 e. The summed E-state index contributed by atoms with van der Waals surface area (Å²) in [4.78, 5) is 13.3. The monoisotopic (exact) mass is 241 g/mol. The Morgan fingerprint density at radius 1 is 1.53 bits per heavy atom. The van der Waals surface area contributed by atoms with Crippen LogP contribution in [0.25, 0.3) is 0 Å². The highest BCUT2D eigenvalue weighted by Crippen LogP contribution is 2.25. The van der Waals surface area contributed by atoms with Gasteiger partial charge in [-0.2, -0.15) is 0 Å². The van der Waals surface area contributed by atoms with Crippen molar-refractivity contribution in [2.75, 3.05) is 19.7 Å². The van der Waals surface area contributed by atoms with E-state index in [1.807, 2.05) is 20.8 Å². The van der Waals surface area contributed by atoms with Crippen LogP contribution in [0.4, 0.5) is 4.79 Å². The summed E-state index contributed by atoms with van der Waals surface area (Å²) < 4.78 is 16.2. The van der Waals surface area contributed by atoms with Gasteiger partial charge in [-0.15, -0.1) is 0 Å². The zero-order valence-corrected chi connectivity index (χ0v) is 10.6. The normalized spacial score (nSPS) is 32.8. The molecular weight excluding hydrogens is 222 g/mol. The standard InChI is InChI=1S/C12H19NO4/c1-8-5-13(11(14)16-9(8)2)6-10-7-15-12(3,4)17-10/h8,10H,2,5-7H2,1,3-4H3/t8?,10-/m0/s1. The molecule has 2 atom stereocenters. The van der Waals surface area contributed by atoms with Gasteiger partial charge in [0.25, 0.3) is 0 Å². The number of nitrogens with zero attached hydrogens (tertiary/aromatic N) is 1. The molecule has 2 aliphatic heterocycles. The lowest BCUT2D eigenvalue weighted by Crippen LogP contribution is -2.45. The summed E-state index contributed by atoms with van der Waals surface area (Å²) in [5.74, 6) is 0.137. The number of cyclic esters (lactones) is 1. The highest BCUT2D eigenvalue weighted by Gasteiger charge is 2.36. The summed E-state index contributed by atoms with van der Waals surface area (Å²) in [5, 5.41) is 0. The second-order valence-electron chi connectivity index (χ2n) is 5.09. The average molecular weight is 241 g/mol. The molecular formula is C12H19NO4. The first kappa shape index (κ1) is 12.4. The highest BCUT2D eigenvalue weighted by molar-refractivity contribution is 5.70. The van der Waals surface area contributed by atoms with Gasteiger partial charge in [0, 0.05) is 12.5 Å². The molecule has 17 heavy (non-hydrogen) atoms. The third-order valence-electron chi connectivity index (χ3n) is 3.01. The molecule has 0 saturated carbocycles. The van der Waals surface area contributed by atoms with E-state index in [2.05, 4.69) is 6.58 Å². The van der Waals surface area contributed by atoms with Crippen LogP contribution < -0.4 is 0 Å². The molecule has 5 nitrogen and oxygen atoms in total. The van der Waals surface area contributed by atoms with Gasteiger partial charge >= 0.3 is 6.09 Å². The maximum absolute atomic E-state index is 11.6. The Morgan fingerprint density at radius 2 is 2.24 bits per heavy atom. The van der Waals surface area contributed by atoms with E-state index in [4.69, 9.17) is 14.2 Å². The minimum atomic E-state index is -0.556. The first-order chi connectivity index (χ1) is 7.87. The summed E-state index contributed by atoms with van der Waals surface area (Å²) in [6.07, 6.45) is -0.433. The van der Waals surface area contributed by atoms with Gasteiger partial charge < -0.3 is 19.1 Å². The fraction of sp³-hybridized carbons (Fsp3) is 0.750. The number of carbonyl (C=O) groups excluding carboxylic acids is 1. The van der Waals surface area contributed by atoms with Crippen molar-refractivity contribution in [3.63, 3.8) is 0 Å². The number of hydrogen-bond donors (Lipinski definition) is 0. The van der Waals surface area contributed by atoms with Gasteiger partial charge in [-0.25, -0.2) is 4.79 Å². The molecule has 2 saturated heterocycles. The van der Waals surface area contributed by atoms with Crippen molar-refractivity contribution in [1.82, 2.24) is 4.90 Å². The van der Waals surface area contributed by atoms with Crippen LogP contribution in [-0.4, -0.2) is 42.6 Å². The summed E-state index contributed by atoms with van der Waals surface area (Å²) in [6.45, 7) is 11.1. The maximum atomic E-state index is 11.6. The van der Waals surface area contributed by atoms with E-state index in [0.717, 1.165) is 0 Å². The van der Waals surface area contributed by atoms with Crippen LogP contribution in [0.2, 0.25) is 0 Å². The van der Waals surface area contributed by atoms with Crippen molar-refractivity contribution in [1.29, 1.82) is 0 Å². The van der Waals surface area contributed by atoms with E-state index >= 15 is 0 Å². The van der Waals surface area contributed by atoms with E-state index in [9.17, 15) is 4.79 Å². The molecule has 96 valence electrons. The van der Waals surface area contributed by atoms with Crippen LogP contribution in [0.15, 0.2) is 12.3 Å². The lowest BCUT2D eigenvalue weighted by atomic mass is 10.1. The summed E-state index contributed by atoms with van der Waals surface area (Å²) >= 11 is 0. The number of hydrogen-bond acceptors (Lipinski definition) is 4. The van der Waals surface area contributed by atoms with Crippen LogP contribution in [0.1, 0.15) is 20.8 Å². The lowest BCUT2D eigenvalue weighted by Gasteiger charge is -2.32. The summed E-state index contributed by atoms with van der Waals surface area (Å²) in [5.41, 5.74) is 0. The van der Waals surface area contributed by atoms with Crippen molar-refractivity contribution < 1.29 is 19.0 Å². The number of amides is 1. The smallest absolute Gasteiger partial charge is 0.415 e. The average Bonchev–Trinajstić information content (AvgIpc) is 2.54. The Labute approximate surface area is 101 Å². The van der Waals surface area contributed by atoms with Crippen LogP contribution >= 0.6 is 0 Å². The quantitative estimate of drug-likeness (QED) is 0.739. The predicted molar refractivity (Wildman–Crippen MR) is 61.3 cm³/mol. The topological polar surface area (TPSA) is 48.0 Å². The first-order valence-corrected chi connectivity index (χ1v) is 5.85. The molecule has 0 N–H and O–H groups in total. The number of ether oxygens (including phenoxy) is 3. The summed E-state index contributed by atoms with van der Waals surface area (Å²) in [7, 11) is 0. The first-order valence-electron chi connectivity index (χ1n) is 5.85. The molecule has 0 aromatic rings. The molecule has 1 amide bonds. The van der Waals surface area contributed by atoms with Crippen molar-refractivity contribution in [2.45, 2.75) is 32.7 Å². The maximum Gasteiger partial charge on any atom is 0.415 e. The van der Waals surface area contributed by atoms with Crippen LogP contribution in [0.5, 0.6) is 0 Å². The fourth-order valence-corrected chi connectivity index (χ4v) is 2.03. The minimum absolute atomic E-state index is 0.0869. The van der Waals surface area contributed by atoms with Gasteiger partial charge in [0.05, 0.1) is 13.2 Å². The van der Waals surface area contributed by atoms with Crippen LogP contribution in [-0.2, 0) is 14.2 Å². The number of rotatable bonds is 2. The molecule has 1 unspecified atom stereocenters. The molecule has 0 aliphatic carbocycles. The molecule has 2 rings (SSSR count). The van der Waals surface area contributed by atoms with Gasteiger partial charge in [0.1, 0.15) is 11.9 Å². The fourth-order valence-electron chi connectivity index (χ4n) is 2.03. The van der Waals surface area contributed by atoms with E-state index < -0.39 is 5.79 Å². The van der Waals surface area contributed by atoms with Gasteiger partial charge in [0.2, 0.25) is 0 Å². The summed E-state index contributed by atoms with van der Waals surface area (Å²) in [6, 6.07) is 0. The van der Waals surface area contributed by atoms with Crippen LogP contribution in [0, 0.1) is 5.92 Å². The minimum Gasteiger partial charge on any atom is -0.415 e. The molecule has 2 fully saturated rings. The van der Waals surface area contributed by atoms with Gasteiger partial charge in [-0.05, 0) is 13.8 Å². The van der Waals surface area contributed by atoms with Gasteiger partial charge in [-0.1, -0.05) is 13.5 Å². The van der Waals surface area contributed by atoms with E-state index in [1.54, 1.807) is 4.90 Å². The Balaban J connectivity index is 1.91. The van der Waals surface area contributed by atoms with E-state index in [-0.39, 0.29) is 18.1 Å². The van der Waals surface area contributed by atoms with E-state index in [0.29, 0.717) is 25.5 Å². The number of carbonyl (C=O) groups is 1. The Kier molecular flexibility index (Phi) is 3.14. The predicted octanol–water partition coefficient (Wildman–Crippen LogP) is 1.74. The van der Waals surface area contributed by atoms with Crippen molar-refractivity contribution in [3.8, 4) is 0 Å². The second kappa shape index (κ2) is 4.31. The molecule has 5 heteroatoms. The van der Waals surface area contributed by atoms with Crippen LogP contribution in [0.3, 0.4) is 0 Å². The second-order valence-corrected chi connectivity index (χ2v) is 5.09. The lowest BCUT2D eigenvalue weighted by molar-refractivity contribution is -0.140. The molecule has 2 aliphatic rings. The van der Waals surface area contributed by atoms with Crippen molar-refractivity contribution in [3.05, 3.63) is 12.3 Å². The SMILES string of the molecule is C=C1OC(=O)N(C[C@H]2COC(C)(C)O2)CC1C. The zero-order chi connectivity index (χ0) is 12.6. The molecule has 0 spiro atoms. The Hall–Kier alpha value is -1.07. The van der Waals surface area contributed by atoms with Gasteiger partial charge in [0.15, 0.2) is 5.79 Å². The Morgan fingerprint density at radius 3 is 2.82 bits per heavy atom. The molecule has 2 heterocycles. The van der Waals surface area contributed by atoms with Crippen molar-refractivity contribution >= 4 is 6.09 Å². The Bertz CT molecular complexity index is 339. The molecule has 0 radical (unpaired) electrons. The molecule has 0 aromatic carbocycles. The van der Waals surface area contributed by atoms with E-state index in [1.165, 1.54) is 0 Å².